The van der Waals surface area contributed by atoms with Crippen LogP contribution in [0.3, 0.4) is 0 Å². The van der Waals surface area contributed by atoms with Gasteiger partial charge in [-0.1, -0.05) is 27.2 Å². The van der Waals surface area contributed by atoms with Crippen LogP contribution in [0.1, 0.15) is 79.6 Å². The zero-order valence-electron chi connectivity index (χ0n) is 15.8. The maximum Gasteiger partial charge on any atom is 0.306 e. The molecule has 0 aromatic rings. The second-order valence-corrected chi connectivity index (χ2v) is 10.2. The predicted octanol–water partition coefficient (Wildman–Crippen LogP) is 4.16. The topological polar surface area (TPSA) is 59.1 Å². The zero-order chi connectivity index (χ0) is 17.6. The van der Waals surface area contributed by atoms with Gasteiger partial charge in [0.25, 0.3) is 0 Å². The summed E-state index contributed by atoms with van der Waals surface area (Å²) in [5.41, 5.74) is -0.787. The summed E-state index contributed by atoms with van der Waals surface area (Å²) in [6.45, 7) is 11.4. The van der Waals surface area contributed by atoms with Gasteiger partial charge in [0, 0.05) is 5.41 Å². The van der Waals surface area contributed by atoms with E-state index in [0.29, 0.717) is 11.3 Å². The number of hydrogen-bond donors (Lipinski definition) is 1. The minimum Gasteiger partial charge on any atom is -0.481 e. The molecule has 24 heavy (non-hydrogen) atoms. The molecule has 0 amide bonds. The first-order chi connectivity index (χ1) is 11.0. The Balaban J connectivity index is 1.77. The van der Waals surface area contributed by atoms with Crippen molar-refractivity contribution >= 4 is 5.97 Å². The van der Waals surface area contributed by atoms with Crippen LogP contribution in [0, 0.1) is 16.7 Å². The molecule has 1 spiro atoms. The number of fused-ring (bicyclic) bond motifs is 4. The monoisotopic (exact) mass is 336 g/mol. The summed E-state index contributed by atoms with van der Waals surface area (Å²) in [7, 11) is 0. The zero-order valence-corrected chi connectivity index (χ0v) is 15.8. The first-order valence-corrected chi connectivity index (χ1v) is 9.58. The fraction of sp³-hybridized carbons (Fsp3) is 0.950. The number of carboxylic acid groups (broad SMARTS) is 1. The summed E-state index contributed by atoms with van der Waals surface area (Å²) < 4.78 is 13.1. The molecule has 0 radical (unpaired) electrons. The smallest absolute Gasteiger partial charge is 0.306 e. The van der Waals surface area contributed by atoms with Crippen molar-refractivity contribution in [2.24, 2.45) is 16.7 Å². The number of hydrogen-bond acceptors (Lipinski definition) is 3. The van der Waals surface area contributed by atoms with E-state index in [2.05, 4.69) is 27.7 Å². The Bertz CT molecular complexity index is 586. The van der Waals surface area contributed by atoms with Crippen LogP contribution in [0.4, 0.5) is 0 Å². The van der Waals surface area contributed by atoms with E-state index in [-0.39, 0.29) is 29.1 Å². The maximum absolute atomic E-state index is 11.4. The highest BCUT2D eigenvalue weighted by atomic mass is 16.7. The van der Waals surface area contributed by atoms with Crippen molar-refractivity contribution in [2.45, 2.75) is 102 Å². The minimum absolute atomic E-state index is 0.0623. The fourth-order valence-electron chi connectivity index (χ4n) is 7.01. The molecule has 4 aliphatic rings. The molecule has 0 bridgehead atoms. The lowest BCUT2D eigenvalue weighted by Gasteiger charge is -2.62. The molecular formula is C20H32O4. The van der Waals surface area contributed by atoms with E-state index in [9.17, 15) is 9.90 Å². The molecule has 4 rings (SSSR count). The highest BCUT2D eigenvalue weighted by Crippen LogP contribution is 2.74. The molecule has 2 saturated heterocycles. The normalized spacial score (nSPS) is 55.0. The first kappa shape index (κ1) is 16.8. The van der Waals surface area contributed by atoms with Gasteiger partial charge in [0.15, 0.2) is 0 Å². The molecule has 1 unspecified atom stereocenters. The van der Waals surface area contributed by atoms with Crippen molar-refractivity contribution in [2.75, 3.05) is 0 Å². The number of aliphatic carboxylic acids is 1. The van der Waals surface area contributed by atoms with Crippen LogP contribution in [-0.4, -0.2) is 34.0 Å². The third-order valence-corrected chi connectivity index (χ3v) is 8.30. The van der Waals surface area contributed by atoms with Crippen LogP contribution in [0.15, 0.2) is 0 Å². The minimum atomic E-state index is -0.769. The molecule has 2 aliphatic carbocycles. The number of carbonyl (C=O) groups is 1. The summed E-state index contributed by atoms with van der Waals surface area (Å²) in [4.78, 5) is 11.4. The Morgan fingerprint density at radius 1 is 1.08 bits per heavy atom. The largest absolute Gasteiger partial charge is 0.481 e. The number of ether oxygens (including phenoxy) is 2. The van der Waals surface area contributed by atoms with Crippen molar-refractivity contribution in [3.05, 3.63) is 0 Å². The Morgan fingerprint density at radius 2 is 1.79 bits per heavy atom. The summed E-state index contributed by atoms with van der Waals surface area (Å²) in [6.07, 6.45) is 6.87. The molecule has 2 aliphatic heterocycles. The lowest BCUT2D eigenvalue weighted by atomic mass is 9.44. The SMILES string of the molecule is CC1(C)CCC[C@@]2(C)C1C[C@H]1O[C@@]1(C)[C@]21CC[C@](C)(CC(=O)O)O1. The van der Waals surface area contributed by atoms with Gasteiger partial charge >= 0.3 is 5.97 Å². The summed E-state index contributed by atoms with van der Waals surface area (Å²) in [6, 6.07) is 0. The highest BCUT2D eigenvalue weighted by molar-refractivity contribution is 5.68. The van der Waals surface area contributed by atoms with Crippen molar-refractivity contribution < 1.29 is 19.4 Å². The standard InChI is InChI=1S/C20H32O4/c1-16(2)7-6-8-18(4)13(16)11-14-19(5,23-14)20(18)10-9-17(3,24-20)12-15(21)22/h13-14H,6-12H2,1-5H3,(H,21,22)/t13?,14-,17-,18+,19-,20+/m1/s1. The lowest BCUT2D eigenvalue weighted by molar-refractivity contribution is -0.237. The van der Waals surface area contributed by atoms with Crippen molar-refractivity contribution in [3.63, 3.8) is 0 Å². The molecule has 4 nitrogen and oxygen atoms in total. The third kappa shape index (κ3) is 1.90. The van der Waals surface area contributed by atoms with E-state index >= 15 is 0 Å². The molecule has 4 fully saturated rings. The molecule has 1 N–H and O–H groups in total. The van der Waals surface area contributed by atoms with E-state index in [1.807, 2.05) is 6.92 Å². The second kappa shape index (κ2) is 4.56. The number of rotatable bonds is 2. The molecule has 2 heterocycles. The summed E-state index contributed by atoms with van der Waals surface area (Å²) >= 11 is 0. The van der Waals surface area contributed by atoms with Crippen LogP contribution in [0.25, 0.3) is 0 Å². The Kier molecular flexibility index (Phi) is 3.20. The van der Waals surface area contributed by atoms with Gasteiger partial charge in [0.1, 0.15) is 11.2 Å². The Morgan fingerprint density at radius 3 is 2.46 bits per heavy atom. The van der Waals surface area contributed by atoms with E-state index in [4.69, 9.17) is 9.47 Å². The van der Waals surface area contributed by atoms with Gasteiger partial charge < -0.3 is 14.6 Å². The van der Waals surface area contributed by atoms with Crippen LogP contribution < -0.4 is 0 Å². The van der Waals surface area contributed by atoms with Gasteiger partial charge in [0.05, 0.1) is 18.1 Å². The van der Waals surface area contributed by atoms with Crippen molar-refractivity contribution in [3.8, 4) is 0 Å². The molecule has 136 valence electrons. The maximum atomic E-state index is 11.4. The van der Waals surface area contributed by atoms with E-state index in [0.717, 1.165) is 25.7 Å². The van der Waals surface area contributed by atoms with Gasteiger partial charge in [-0.05, 0) is 57.3 Å². The van der Waals surface area contributed by atoms with Gasteiger partial charge in [-0.25, -0.2) is 0 Å². The number of carboxylic acids is 1. The Labute approximate surface area is 145 Å². The van der Waals surface area contributed by atoms with Crippen LogP contribution in [0.2, 0.25) is 0 Å². The summed E-state index contributed by atoms with van der Waals surface area (Å²) in [5.74, 6) is -0.194. The fourth-order valence-corrected chi connectivity index (χ4v) is 7.01. The Hall–Kier alpha value is -0.610. The first-order valence-electron chi connectivity index (χ1n) is 9.58. The van der Waals surface area contributed by atoms with Crippen LogP contribution >= 0.6 is 0 Å². The molecule has 6 atom stereocenters. The molecule has 4 heteroatoms. The van der Waals surface area contributed by atoms with Gasteiger partial charge in [-0.3, -0.25) is 4.79 Å². The average Bonchev–Trinajstić information content (AvgIpc) is 2.97. The van der Waals surface area contributed by atoms with Crippen molar-refractivity contribution in [1.82, 2.24) is 0 Å². The van der Waals surface area contributed by atoms with Gasteiger partial charge in [-0.2, -0.15) is 0 Å². The van der Waals surface area contributed by atoms with Crippen molar-refractivity contribution in [1.29, 1.82) is 0 Å². The number of epoxide rings is 1. The molecule has 0 aromatic heterocycles. The third-order valence-electron chi connectivity index (χ3n) is 8.30. The molecular weight excluding hydrogens is 304 g/mol. The van der Waals surface area contributed by atoms with E-state index in [1.165, 1.54) is 12.8 Å². The van der Waals surface area contributed by atoms with Crippen LogP contribution in [0.5, 0.6) is 0 Å². The van der Waals surface area contributed by atoms with E-state index in [1.54, 1.807) is 0 Å². The predicted molar refractivity (Wildman–Crippen MR) is 90.8 cm³/mol. The second-order valence-electron chi connectivity index (χ2n) is 10.2. The molecule has 2 saturated carbocycles. The quantitative estimate of drug-likeness (QED) is 0.769. The van der Waals surface area contributed by atoms with Gasteiger partial charge in [0.2, 0.25) is 0 Å². The average molecular weight is 336 g/mol. The molecule has 0 aromatic carbocycles. The van der Waals surface area contributed by atoms with Crippen LogP contribution in [-0.2, 0) is 14.3 Å². The highest BCUT2D eigenvalue weighted by Gasteiger charge is 2.80. The summed E-state index contributed by atoms with van der Waals surface area (Å²) in [5, 5.41) is 9.33. The van der Waals surface area contributed by atoms with E-state index < -0.39 is 11.6 Å². The van der Waals surface area contributed by atoms with Gasteiger partial charge in [-0.15, -0.1) is 0 Å². The lowest BCUT2D eigenvalue weighted by Crippen LogP contribution is -2.66.